The summed E-state index contributed by atoms with van der Waals surface area (Å²) >= 11 is 0. The molecule has 25 nitrogen and oxygen atoms in total. The number of rotatable bonds is 15. The minimum absolute atomic E-state index is 0.00655. The number of carbonyl (C=O) groups is 10. The number of aliphatic carboxylic acids is 2. The Morgan fingerprint density at radius 1 is 0.672 bits per heavy atom. The third-order valence-corrected chi connectivity index (χ3v) is 13.2. The molecule has 0 spiro atoms. The van der Waals surface area contributed by atoms with Crippen LogP contribution >= 0.6 is 21.6 Å². The predicted octanol–water partition coefficient (Wildman–Crippen LogP) is -4.67. The predicted molar refractivity (Wildman–Crippen MR) is 245 cm³/mol. The highest BCUT2D eigenvalue weighted by Gasteiger charge is 2.41. The number of aliphatic hydroxyl groups is 2. The second-order valence-corrected chi connectivity index (χ2v) is 19.3. The van der Waals surface area contributed by atoms with Gasteiger partial charge in [-0.2, -0.15) is 0 Å². The normalized spacial score (nSPS) is 28.0. The number of amides is 8. The molecule has 0 radical (unpaired) electrons. The summed E-state index contributed by atoms with van der Waals surface area (Å²) in [5, 5.41) is 57.6. The van der Waals surface area contributed by atoms with Crippen molar-refractivity contribution >= 4 is 80.8 Å². The van der Waals surface area contributed by atoms with Gasteiger partial charge < -0.3 is 79.7 Å². The van der Waals surface area contributed by atoms with E-state index in [-0.39, 0.29) is 75.6 Å². The molecular formula is C40H69N11O14S2. The number of aliphatic hydroxyl groups excluding tert-OH is 2. The summed E-state index contributed by atoms with van der Waals surface area (Å²) in [6, 6.07) is -13.3. The van der Waals surface area contributed by atoms with E-state index in [0.717, 1.165) is 26.5 Å². The molecule has 2 aliphatic rings. The summed E-state index contributed by atoms with van der Waals surface area (Å²) in [6.07, 6.45) is -0.748. The van der Waals surface area contributed by atoms with Gasteiger partial charge in [0.15, 0.2) is 0 Å². The lowest BCUT2D eigenvalue weighted by Crippen LogP contribution is -2.62. The van der Waals surface area contributed by atoms with Gasteiger partial charge in [-0.05, 0) is 83.7 Å². The van der Waals surface area contributed by atoms with Crippen LogP contribution in [-0.2, 0) is 47.9 Å². The van der Waals surface area contributed by atoms with Gasteiger partial charge in [-0.3, -0.25) is 43.2 Å². The lowest BCUT2D eigenvalue weighted by Gasteiger charge is -2.31. The van der Waals surface area contributed by atoms with E-state index in [1.165, 1.54) is 6.92 Å². The van der Waals surface area contributed by atoms with E-state index < -0.39 is 133 Å². The molecule has 10 atom stereocenters. The van der Waals surface area contributed by atoms with Crippen LogP contribution in [0.3, 0.4) is 0 Å². The van der Waals surface area contributed by atoms with Crippen molar-refractivity contribution < 1.29 is 68.4 Å². The molecule has 0 saturated carbocycles. The first-order chi connectivity index (χ1) is 31.6. The molecule has 0 aromatic carbocycles. The number of carbonyl (C=O) groups excluding carboxylic acids is 8. The van der Waals surface area contributed by atoms with E-state index in [9.17, 15) is 68.4 Å². The average molecular weight is 992 g/mol. The summed E-state index contributed by atoms with van der Waals surface area (Å²) < 4.78 is 0. The Hall–Kier alpha value is -4.80. The van der Waals surface area contributed by atoms with Crippen molar-refractivity contribution in [1.82, 2.24) is 42.1 Å². The van der Waals surface area contributed by atoms with Crippen LogP contribution in [0.2, 0.25) is 0 Å². The van der Waals surface area contributed by atoms with Gasteiger partial charge >= 0.3 is 11.9 Å². The molecule has 380 valence electrons. The third-order valence-electron chi connectivity index (χ3n) is 10.7. The fourth-order valence-electron chi connectivity index (χ4n) is 7.07. The van der Waals surface area contributed by atoms with Crippen LogP contribution in [0.25, 0.3) is 0 Å². The first kappa shape index (κ1) is 58.3. The fraction of sp³-hybridized carbons (Fsp3) is 0.750. The van der Waals surface area contributed by atoms with Crippen LogP contribution in [0.15, 0.2) is 0 Å². The number of nitrogens with one attached hydrogen (secondary N) is 7. The Labute approximate surface area is 396 Å². The molecule has 8 amide bonds. The van der Waals surface area contributed by atoms with Crippen molar-refractivity contribution in [3.8, 4) is 0 Å². The molecule has 67 heavy (non-hydrogen) atoms. The second-order valence-electron chi connectivity index (χ2n) is 16.8. The van der Waals surface area contributed by atoms with Gasteiger partial charge in [0.2, 0.25) is 47.3 Å². The topological polar surface area (TPSA) is 417 Å². The summed E-state index contributed by atoms with van der Waals surface area (Å²) in [5.74, 6) is -11.1. The number of nitrogens with zero attached hydrogens (tertiary/aromatic N) is 1. The van der Waals surface area contributed by atoms with Crippen LogP contribution in [0.5, 0.6) is 0 Å². The molecule has 2 heterocycles. The van der Waals surface area contributed by atoms with Crippen molar-refractivity contribution in [3.63, 3.8) is 0 Å². The van der Waals surface area contributed by atoms with E-state index in [1.54, 1.807) is 13.8 Å². The van der Waals surface area contributed by atoms with Gasteiger partial charge in [0.05, 0.1) is 25.2 Å². The maximum atomic E-state index is 13.9. The number of nitrogens with two attached hydrogens (primary N) is 3. The molecule has 0 unspecified atom stereocenters. The molecule has 17 N–H and O–H groups in total. The van der Waals surface area contributed by atoms with Gasteiger partial charge in [-0.15, -0.1) is 0 Å². The average Bonchev–Trinajstić information content (AvgIpc) is 3.76. The Bertz CT molecular complexity index is 1730. The number of fused-ring (bicyclic) bond motifs is 1. The van der Waals surface area contributed by atoms with E-state index in [0.29, 0.717) is 19.3 Å². The molecule has 27 heteroatoms. The molecule has 2 aliphatic heterocycles. The molecule has 2 saturated heterocycles. The highest BCUT2D eigenvalue weighted by Crippen LogP contribution is 2.23. The molecule has 0 bridgehead atoms. The van der Waals surface area contributed by atoms with E-state index in [2.05, 4.69) is 37.2 Å². The number of hydrogen-bond donors (Lipinski definition) is 14. The maximum absolute atomic E-state index is 13.9. The van der Waals surface area contributed by atoms with Crippen molar-refractivity contribution in [1.29, 1.82) is 0 Å². The van der Waals surface area contributed by atoms with Gasteiger partial charge in [0.1, 0.15) is 48.3 Å². The number of carboxylic acid groups (broad SMARTS) is 2. The molecule has 2 rings (SSSR count). The van der Waals surface area contributed by atoms with Crippen molar-refractivity contribution in [2.75, 3.05) is 37.7 Å². The maximum Gasteiger partial charge on any atom is 0.327 e. The minimum atomic E-state index is -1.86. The lowest BCUT2D eigenvalue weighted by atomic mass is 10.0. The summed E-state index contributed by atoms with van der Waals surface area (Å²) in [7, 11) is 1.97. The standard InChI is InChI=1S/C40H69N11O14S2/c1-20(2)15-25-35(59)49-28(40(64)65)19-67-66-18-22(43)32(56)44-23(9-4-6-12-41)33(57)45-24(10-5-7-13-42)34(58)46-26(16-30(54)55)36(60)48-27(17-52)39(63)51-14-8-11-29(51)37(61)50-31(21(3)53)38(62)47-25/h20-29,31,52-53H,4-19,41-43H2,1-3H3,(H,44,56)(H,45,57)(H,46,58)(H,47,62)(H,48,60)(H,49,59)(H,50,61)(H,54,55)(H,64,65)/t21-,22+,23+,24+,25+,26+,27+,28+,29+,31+/m1/s1. The van der Waals surface area contributed by atoms with Crippen LogP contribution in [0.4, 0.5) is 0 Å². The van der Waals surface area contributed by atoms with E-state index >= 15 is 0 Å². The van der Waals surface area contributed by atoms with Gasteiger partial charge in [-0.25, -0.2) is 4.79 Å². The molecular weight excluding hydrogens is 923 g/mol. The van der Waals surface area contributed by atoms with E-state index in [4.69, 9.17) is 17.2 Å². The van der Waals surface area contributed by atoms with Crippen LogP contribution in [0.1, 0.15) is 85.0 Å². The van der Waals surface area contributed by atoms with Crippen LogP contribution < -0.4 is 54.4 Å². The second kappa shape index (κ2) is 29.8. The highest BCUT2D eigenvalue weighted by atomic mass is 33.1. The van der Waals surface area contributed by atoms with Gasteiger partial charge in [-0.1, -0.05) is 35.4 Å². The number of hydrogen-bond acceptors (Lipinski definition) is 17. The third kappa shape index (κ3) is 19.8. The zero-order valence-corrected chi connectivity index (χ0v) is 39.7. The zero-order chi connectivity index (χ0) is 50.4. The summed E-state index contributed by atoms with van der Waals surface area (Å²) in [6.45, 7) is 4.04. The molecule has 0 aliphatic carbocycles. The smallest absolute Gasteiger partial charge is 0.327 e. The van der Waals surface area contributed by atoms with Crippen molar-refractivity contribution in [2.24, 2.45) is 23.1 Å². The molecule has 2 fully saturated rings. The van der Waals surface area contributed by atoms with Crippen molar-refractivity contribution in [2.45, 2.75) is 145 Å². The quantitative estimate of drug-likeness (QED) is 0.0542. The molecule has 0 aromatic rings. The Morgan fingerprint density at radius 3 is 1.70 bits per heavy atom. The van der Waals surface area contributed by atoms with Crippen molar-refractivity contribution in [3.05, 3.63) is 0 Å². The number of unbranched alkanes of at least 4 members (excludes halogenated alkanes) is 2. The fourth-order valence-corrected chi connectivity index (χ4v) is 9.35. The number of carboxylic acids is 2. The van der Waals surface area contributed by atoms with Gasteiger partial charge in [0, 0.05) is 18.1 Å². The first-order valence-corrected chi connectivity index (χ1v) is 24.7. The zero-order valence-electron chi connectivity index (χ0n) is 38.0. The largest absolute Gasteiger partial charge is 0.481 e. The van der Waals surface area contributed by atoms with Gasteiger partial charge in [0.25, 0.3) is 0 Å². The first-order valence-electron chi connectivity index (χ1n) is 22.2. The Balaban J connectivity index is 2.61. The SMILES string of the molecule is CC(C)C[C@@H]1NC(=O)[C@H]([C@@H](C)O)NC(=O)[C@@H]2CCCN2C(=O)[C@H](CO)NC(=O)[C@H](CC(=O)O)NC(=O)[C@H](CCCCN)NC(=O)[C@H](CCCCN)NC(=O)[C@@H](N)CSSC[C@@H](C(=O)O)NC1=O. The van der Waals surface area contributed by atoms with E-state index in [1.807, 2.05) is 0 Å². The van der Waals surface area contributed by atoms with Crippen LogP contribution in [-0.4, -0.2) is 183 Å². The Kier molecular flexibility index (Phi) is 26.0. The summed E-state index contributed by atoms with van der Waals surface area (Å²) in [4.78, 5) is 135. The summed E-state index contributed by atoms with van der Waals surface area (Å²) in [5.41, 5.74) is 17.5. The monoisotopic (exact) mass is 991 g/mol. The lowest BCUT2D eigenvalue weighted by molar-refractivity contribution is -0.144. The minimum Gasteiger partial charge on any atom is -0.481 e. The molecule has 0 aromatic heterocycles. The highest BCUT2D eigenvalue weighted by molar-refractivity contribution is 8.76. The Morgan fingerprint density at radius 2 is 1.18 bits per heavy atom. The van der Waals surface area contributed by atoms with Crippen LogP contribution in [0, 0.1) is 5.92 Å².